The molecule has 1 aromatic carbocycles. The Morgan fingerprint density at radius 1 is 1.27 bits per heavy atom. The van der Waals surface area contributed by atoms with Gasteiger partial charge >= 0.3 is 0 Å². The molecule has 2 heterocycles. The summed E-state index contributed by atoms with van der Waals surface area (Å²) in [4.78, 5) is 7.17. The van der Waals surface area contributed by atoms with Crippen LogP contribution < -0.4 is 10.5 Å². The standard InChI is InChI=1S/C15H14ClN3O2.CH4O3S/c1-8-14(19-15(17)18-8)13-6-5-12(21-13)10-7-9(16)3-4-11(10)20-2;1-5(2,3)4/h3-7H,1-2H3,(H3,17,18,19);1H3,(H,2,3,4). The molecule has 140 valence electrons. The molecule has 2 aromatic heterocycles. The molecule has 0 aliphatic heterocycles. The van der Waals surface area contributed by atoms with E-state index in [1.807, 2.05) is 19.1 Å². The molecule has 10 heteroatoms. The van der Waals surface area contributed by atoms with E-state index < -0.39 is 10.1 Å². The van der Waals surface area contributed by atoms with Crippen molar-refractivity contribution in [2.45, 2.75) is 6.92 Å². The quantitative estimate of drug-likeness (QED) is 0.575. The van der Waals surface area contributed by atoms with Crippen molar-refractivity contribution in [1.29, 1.82) is 0 Å². The summed E-state index contributed by atoms with van der Waals surface area (Å²) in [5.41, 5.74) is 7.99. The fourth-order valence-corrected chi connectivity index (χ4v) is 2.38. The molecule has 0 amide bonds. The second kappa shape index (κ2) is 7.81. The van der Waals surface area contributed by atoms with E-state index in [1.165, 1.54) is 0 Å². The van der Waals surface area contributed by atoms with Gasteiger partial charge in [0.1, 0.15) is 17.2 Å². The molecule has 26 heavy (non-hydrogen) atoms. The Morgan fingerprint density at radius 3 is 2.42 bits per heavy atom. The lowest BCUT2D eigenvalue weighted by atomic mass is 10.1. The minimum Gasteiger partial charge on any atom is -0.496 e. The van der Waals surface area contributed by atoms with E-state index in [4.69, 9.17) is 31.0 Å². The van der Waals surface area contributed by atoms with Crippen LogP contribution in [-0.4, -0.2) is 36.3 Å². The lowest BCUT2D eigenvalue weighted by Crippen LogP contribution is -1.88. The molecule has 0 radical (unpaired) electrons. The van der Waals surface area contributed by atoms with Gasteiger partial charge in [-0.1, -0.05) is 11.6 Å². The number of hydrogen-bond acceptors (Lipinski definition) is 6. The Kier molecular flexibility index (Phi) is 5.96. The van der Waals surface area contributed by atoms with Gasteiger partial charge in [0, 0.05) is 10.7 Å². The van der Waals surface area contributed by atoms with Crippen LogP contribution in [0.3, 0.4) is 0 Å². The molecule has 0 spiro atoms. The number of furan rings is 1. The third-order valence-electron chi connectivity index (χ3n) is 3.17. The Morgan fingerprint density at radius 2 is 1.88 bits per heavy atom. The van der Waals surface area contributed by atoms with Gasteiger partial charge in [-0.15, -0.1) is 0 Å². The first-order valence-electron chi connectivity index (χ1n) is 7.27. The van der Waals surface area contributed by atoms with Crippen molar-refractivity contribution in [3.63, 3.8) is 0 Å². The van der Waals surface area contributed by atoms with E-state index in [0.717, 1.165) is 11.3 Å². The summed E-state index contributed by atoms with van der Waals surface area (Å²) in [5, 5.41) is 0.615. The zero-order valence-electron chi connectivity index (χ0n) is 14.3. The molecular formula is C16H18ClN3O5S. The minimum atomic E-state index is -3.67. The van der Waals surface area contributed by atoms with E-state index in [-0.39, 0.29) is 0 Å². The van der Waals surface area contributed by atoms with Gasteiger partial charge < -0.3 is 19.9 Å². The highest BCUT2D eigenvalue weighted by Crippen LogP contribution is 2.36. The average molecular weight is 400 g/mol. The Labute approximate surface area is 155 Å². The van der Waals surface area contributed by atoms with E-state index in [9.17, 15) is 8.42 Å². The number of ether oxygens (including phenoxy) is 1. The van der Waals surface area contributed by atoms with Gasteiger partial charge in [0.2, 0.25) is 0 Å². The van der Waals surface area contributed by atoms with E-state index in [0.29, 0.717) is 40.2 Å². The summed E-state index contributed by atoms with van der Waals surface area (Å²) < 4.78 is 37.1. The van der Waals surface area contributed by atoms with Crippen molar-refractivity contribution in [3.8, 4) is 28.5 Å². The van der Waals surface area contributed by atoms with Crippen molar-refractivity contribution >= 4 is 27.7 Å². The molecule has 0 aliphatic rings. The third-order valence-corrected chi connectivity index (χ3v) is 3.40. The lowest BCUT2D eigenvalue weighted by Gasteiger charge is -2.06. The number of H-pyrrole nitrogens is 1. The Bertz CT molecular complexity index is 1000. The molecule has 8 nitrogen and oxygen atoms in total. The van der Waals surface area contributed by atoms with Gasteiger partial charge in [0.15, 0.2) is 11.7 Å². The molecule has 0 atom stereocenters. The molecule has 0 fully saturated rings. The molecule has 0 bridgehead atoms. The molecule has 3 rings (SSSR count). The number of anilines is 1. The summed E-state index contributed by atoms with van der Waals surface area (Å²) in [6, 6.07) is 9.07. The Balaban J connectivity index is 0.000000431. The van der Waals surface area contributed by atoms with Crippen molar-refractivity contribution in [3.05, 3.63) is 41.0 Å². The van der Waals surface area contributed by atoms with Crippen LogP contribution in [0.1, 0.15) is 5.69 Å². The second-order valence-corrected chi connectivity index (χ2v) is 7.24. The summed E-state index contributed by atoms with van der Waals surface area (Å²) in [7, 11) is -2.06. The first kappa shape index (κ1) is 19.8. The fourth-order valence-electron chi connectivity index (χ4n) is 2.21. The second-order valence-electron chi connectivity index (χ2n) is 5.34. The highest BCUT2D eigenvalue weighted by Gasteiger charge is 2.15. The highest BCUT2D eigenvalue weighted by molar-refractivity contribution is 7.85. The number of rotatable bonds is 3. The predicted molar refractivity (Wildman–Crippen MR) is 99.9 cm³/mol. The smallest absolute Gasteiger partial charge is 0.261 e. The molecule has 4 N–H and O–H groups in total. The van der Waals surface area contributed by atoms with Crippen LogP contribution in [-0.2, 0) is 10.1 Å². The maximum absolute atomic E-state index is 9.19. The minimum absolute atomic E-state index is 0.362. The number of benzene rings is 1. The van der Waals surface area contributed by atoms with Crippen LogP contribution >= 0.6 is 11.6 Å². The third kappa shape index (κ3) is 5.25. The number of aryl methyl sites for hydroxylation is 1. The molecule has 0 unspecified atom stereocenters. The first-order valence-corrected chi connectivity index (χ1v) is 9.49. The molecule has 0 saturated carbocycles. The van der Waals surface area contributed by atoms with Crippen molar-refractivity contribution in [1.82, 2.24) is 9.97 Å². The van der Waals surface area contributed by atoms with Gasteiger partial charge in [-0.25, -0.2) is 4.98 Å². The number of halogens is 1. The number of nitrogen functional groups attached to an aromatic ring is 1. The lowest BCUT2D eigenvalue weighted by molar-refractivity contribution is 0.415. The van der Waals surface area contributed by atoms with Gasteiger partial charge in [-0.05, 0) is 37.3 Å². The van der Waals surface area contributed by atoms with Crippen LogP contribution in [0.2, 0.25) is 5.02 Å². The van der Waals surface area contributed by atoms with Crippen LogP contribution in [0.5, 0.6) is 5.75 Å². The zero-order valence-corrected chi connectivity index (χ0v) is 15.9. The summed E-state index contributed by atoms with van der Waals surface area (Å²) in [6.45, 7) is 1.89. The van der Waals surface area contributed by atoms with Crippen molar-refractivity contribution < 1.29 is 22.1 Å². The fraction of sp³-hybridized carbons (Fsp3) is 0.188. The Hall–Kier alpha value is -2.49. The summed E-state index contributed by atoms with van der Waals surface area (Å²) in [5.74, 6) is 2.35. The number of nitrogens with two attached hydrogens (primary N) is 1. The maximum Gasteiger partial charge on any atom is 0.261 e. The number of methoxy groups -OCH3 is 1. The normalized spacial score (nSPS) is 11.0. The summed E-state index contributed by atoms with van der Waals surface area (Å²) in [6.07, 6.45) is 0.715. The zero-order chi connectivity index (χ0) is 19.5. The van der Waals surface area contributed by atoms with E-state index >= 15 is 0 Å². The molecule has 0 saturated heterocycles. The first-order chi connectivity index (χ1) is 12.1. The summed E-state index contributed by atoms with van der Waals surface area (Å²) >= 11 is 6.04. The maximum atomic E-state index is 9.19. The average Bonchev–Trinajstić information content (AvgIpc) is 3.12. The van der Waals surface area contributed by atoms with Crippen LogP contribution in [0.25, 0.3) is 22.8 Å². The van der Waals surface area contributed by atoms with Gasteiger partial charge in [-0.2, -0.15) is 8.42 Å². The number of nitrogens with zero attached hydrogens (tertiary/aromatic N) is 1. The number of aromatic nitrogens is 2. The van der Waals surface area contributed by atoms with Gasteiger partial charge in [0.25, 0.3) is 10.1 Å². The van der Waals surface area contributed by atoms with Crippen LogP contribution in [0, 0.1) is 6.92 Å². The molecule has 3 aromatic rings. The molecule has 0 aliphatic carbocycles. The number of nitrogens with one attached hydrogen (secondary N) is 1. The predicted octanol–water partition coefficient (Wildman–Crippen LogP) is 3.39. The van der Waals surface area contributed by atoms with Crippen molar-refractivity contribution in [2.24, 2.45) is 0 Å². The van der Waals surface area contributed by atoms with E-state index in [2.05, 4.69) is 9.97 Å². The van der Waals surface area contributed by atoms with Crippen LogP contribution in [0.15, 0.2) is 34.7 Å². The number of aromatic amines is 1. The van der Waals surface area contributed by atoms with Crippen LogP contribution in [0.4, 0.5) is 5.95 Å². The number of imidazole rings is 1. The largest absolute Gasteiger partial charge is 0.496 e. The van der Waals surface area contributed by atoms with E-state index in [1.54, 1.807) is 25.3 Å². The van der Waals surface area contributed by atoms with Crippen molar-refractivity contribution in [2.75, 3.05) is 19.1 Å². The topological polar surface area (TPSA) is 131 Å². The van der Waals surface area contributed by atoms with Gasteiger partial charge in [-0.3, -0.25) is 4.55 Å². The highest BCUT2D eigenvalue weighted by atomic mass is 35.5. The number of hydrogen-bond donors (Lipinski definition) is 3. The molecular weight excluding hydrogens is 382 g/mol. The SMILES string of the molecule is COc1ccc(Cl)cc1-c1ccc(-c2nc(N)[nH]c2C)o1.CS(=O)(=O)O. The monoisotopic (exact) mass is 399 g/mol. The van der Waals surface area contributed by atoms with Gasteiger partial charge in [0.05, 0.1) is 18.9 Å².